The average Bonchev–Trinajstić information content (AvgIpc) is 2.54. The first kappa shape index (κ1) is 20.1. The Morgan fingerprint density at radius 3 is 2.15 bits per heavy atom. The van der Waals surface area contributed by atoms with Crippen molar-refractivity contribution in [2.75, 3.05) is 41.4 Å². The molecule has 2 rings (SSSR count). The first-order valence-electron chi connectivity index (χ1n) is 7.89. The van der Waals surface area contributed by atoms with Crippen LogP contribution >= 0.6 is 11.6 Å². The number of rotatable bonds is 6. The van der Waals surface area contributed by atoms with Crippen molar-refractivity contribution >= 4 is 44.6 Å². The summed E-state index contributed by atoms with van der Waals surface area (Å²) in [6.07, 6.45) is 1.08. The number of nitrogens with one attached hydrogen (secondary N) is 1. The van der Waals surface area contributed by atoms with Gasteiger partial charge in [-0.15, -0.1) is 0 Å². The molecule has 0 spiro atoms. The molecule has 0 heterocycles. The number of hydrogen-bond acceptors (Lipinski definition) is 4. The molecule has 8 heteroatoms. The van der Waals surface area contributed by atoms with Crippen molar-refractivity contribution in [2.24, 2.45) is 0 Å². The lowest BCUT2D eigenvalue weighted by Crippen LogP contribution is -2.37. The summed E-state index contributed by atoms with van der Waals surface area (Å²) in [6, 6.07) is 12.0. The number of hydrogen-bond donors (Lipinski definition) is 1. The maximum Gasteiger partial charge on any atom is 0.245 e. The molecule has 1 amide bonds. The van der Waals surface area contributed by atoms with Crippen LogP contribution in [0.3, 0.4) is 0 Å². The maximum absolute atomic E-state index is 12.4. The third kappa shape index (κ3) is 5.12. The number of sulfonamides is 1. The van der Waals surface area contributed by atoms with Crippen molar-refractivity contribution in [1.29, 1.82) is 0 Å². The van der Waals surface area contributed by atoms with Gasteiger partial charge in [-0.05, 0) is 55.0 Å². The van der Waals surface area contributed by atoms with Gasteiger partial charge in [0.15, 0.2) is 0 Å². The number of nitrogens with zero attached hydrogens (tertiary/aromatic N) is 2. The van der Waals surface area contributed by atoms with Gasteiger partial charge < -0.3 is 10.2 Å². The van der Waals surface area contributed by atoms with E-state index in [0.29, 0.717) is 16.4 Å². The van der Waals surface area contributed by atoms with Crippen molar-refractivity contribution in [3.05, 3.63) is 53.1 Å². The van der Waals surface area contributed by atoms with Gasteiger partial charge in [0.05, 0.1) is 11.9 Å². The van der Waals surface area contributed by atoms with Crippen molar-refractivity contribution < 1.29 is 13.2 Å². The third-order valence-corrected chi connectivity index (χ3v) is 5.18. The summed E-state index contributed by atoms with van der Waals surface area (Å²) in [6.45, 7) is 1.50. The number of halogens is 1. The standard InChI is InChI=1S/C18H22ClN3O3S/c1-13-11-14(19)5-10-17(13)20-18(23)12-22(26(4,24)25)16-8-6-15(7-9-16)21(2)3/h5-11H,12H2,1-4H3,(H,20,23). The molecule has 26 heavy (non-hydrogen) atoms. The summed E-state index contributed by atoms with van der Waals surface area (Å²) in [5.74, 6) is -0.433. The smallest absolute Gasteiger partial charge is 0.245 e. The SMILES string of the molecule is Cc1cc(Cl)ccc1NC(=O)CN(c1ccc(N(C)C)cc1)S(C)(=O)=O. The molecule has 0 saturated heterocycles. The van der Waals surface area contributed by atoms with Crippen LogP contribution in [0.25, 0.3) is 0 Å². The van der Waals surface area contributed by atoms with E-state index in [-0.39, 0.29) is 6.54 Å². The van der Waals surface area contributed by atoms with Gasteiger partial charge in [0.1, 0.15) is 6.54 Å². The molecule has 0 fully saturated rings. The van der Waals surface area contributed by atoms with Crippen LogP contribution in [0.5, 0.6) is 0 Å². The average molecular weight is 396 g/mol. The van der Waals surface area contributed by atoms with Gasteiger partial charge in [0.25, 0.3) is 0 Å². The molecule has 0 unspecified atom stereocenters. The van der Waals surface area contributed by atoms with Crippen LogP contribution in [0.2, 0.25) is 5.02 Å². The van der Waals surface area contributed by atoms with Crippen LogP contribution < -0.4 is 14.5 Å². The second-order valence-corrected chi connectivity index (χ2v) is 8.53. The largest absolute Gasteiger partial charge is 0.378 e. The van der Waals surface area contributed by atoms with E-state index < -0.39 is 15.9 Å². The molecule has 0 radical (unpaired) electrons. The summed E-state index contributed by atoms with van der Waals surface area (Å²) in [5, 5.41) is 3.30. The van der Waals surface area contributed by atoms with Gasteiger partial charge in [-0.25, -0.2) is 8.42 Å². The Hall–Kier alpha value is -2.25. The normalized spacial score (nSPS) is 11.1. The van der Waals surface area contributed by atoms with Crippen molar-refractivity contribution in [2.45, 2.75) is 6.92 Å². The Balaban J connectivity index is 2.21. The van der Waals surface area contributed by atoms with Gasteiger partial charge in [0, 0.05) is 30.5 Å². The minimum absolute atomic E-state index is 0.317. The van der Waals surface area contributed by atoms with E-state index in [1.54, 1.807) is 42.5 Å². The zero-order chi connectivity index (χ0) is 19.5. The molecule has 0 saturated carbocycles. The van der Waals surface area contributed by atoms with Gasteiger partial charge in [-0.2, -0.15) is 0 Å². The fourth-order valence-electron chi connectivity index (χ4n) is 2.40. The van der Waals surface area contributed by atoms with Crippen LogP contribution in [0.4, 0.5) is 17.1 Å². The fourth-order valence-corrected chi connectivity index (χ4v) is 3.49. The van der Waals surface area contributed by atoms with Crippen LogP contribution in [0.1, 0.15) is 5.56 Å². The number of amides is 1. The van der Waals surface area contributed by atoms with Gasteiger partial charge in [0.2, 0.25) is 15.9 Å². The van der Waals surface area contributed by atoms with Gasteiger partial charge in [-0.1, -0.05) is 11.6 Å². The molecule has 0 aliphatic rings. The zero-order valence-electron chi connectivity index (χ0n) is 15.2. The number of benzene rings is 2. The Morgan fingerprint density at radius 1 is 1.08 bits per heavy atom. The van der Waals surface area contributed by atoms with Crippen LogP contribution in [-0.4, -0.2) is 41.2 Å². The Labute approximate surface area is 159 Å². The van der Waals surface area contributed by atoms with Gasteiger partial charge in [-0.3, -0.25) is 9.10 Å². The summed E-state index contributed by atoms with van der Waals surface area (Å²) in [5.41, 5.74) is 2.76. The maximum atomic E-state index is 12.4. The Morgan fingerprint density at radius 2 is 1.65 bits per heavy atom. The monoisotopic (exact) mass is 395 g/mol. The molecule has 0 aliphatic heterocycles. The molecule has 1 N–H and O–H groups in total. The van der Waals surface area contributed by atoms with Crippen molar-refractivity contribution in [3.63, 3.8) is 0 Å². The molecular weight excluding hydrogens is 374 g/mol. The quantitative estimate of drug-likeness (QED) is 0.815. The highest BCUT2D eigenvalue weighted by Gasteiger charge is 2.21. The zero-order valence-corrected chi connectivity index (χ0v) is 16.7. The molecular formula is C18H22ClN3O3S. The molecule has 140 valence electrons. The van der Waals surface area contributed by atoms with Crippen LogP contribution in [-0.2, 0) is 14.8 Å². The number of anilines is 3. The van der Waals surface area contributed by atoms with Crippen molar-refractivity contribution in [3.8, 4) is 0 Å². The summed E-state index contributed by atoms with van der Waals surface area (Å²) >= 11 is 5.91. The summed E-state index contributed by atoms with van der Waals surface area (Å²) in [4.78, 5) is 14.3. The highest BCUT2D eigenvalue weighted by Crippen LogP contribution is 2.23. The van der Waals surface area contributed by atoms with Crippen LogP contribution in [0.15, 0.2) is 42.5 Å². The number of carbonyl (C=O) groups is 1. The van der Waals surface area contributed by atoms with Gasteiger partial charge >= 0.3 is 0 Å². The molecule has 2 aromatic carbocycles. The number of carbonyl (C=O) groups excluding carboxylic acids is 1. The van der Waals surface area contributed by atoms with E-state index in [1.807, 2.05) is 25.9 Å². The topological polar surface area (TPSA) is 69.7 Å². The highest BCUT2D eigenvalue weighted by atomic mass is 35.5. The molecule has 2 aromatic rings. The number of aryl methyl sites for hydroxylation is 1. The lowest BCUT2D eigenvalue weighted by Gasteiger charge is -2.23. The molecule has 6 nitrogen and oxygen atoms in total. The van der Waals surface area contributed by atoms with E-state index >= 15 is 0 Å². The van der Waals surface area contributed by atoms with E-state index in [4.69, 9.17) is 11.6 Å². The Bertz CT molecular complexity index is 896. The van der Waals surface area contributed by atoms with E-state index in [1.165, 1.54) is 0 Å². The van der Waals surface area contributed by atoms with Crippen LogP contribution in [0, 0.1) is 6.92 Å². The minimum atomic E-state index is -3.62. The third-order valence-electron chi connectivity index (χ3n) is 3.80. The first-order chi connectivity index (χ1) is 12.1. The van der Waals surface area contributed by atoms with E-state index in [2.05, 4.69) is 5.32 Å². The second kappa shape index (κ2) is 7.97. The molecule has 0 aromatic heterocycles. The van der Waals surface area contributed by atoms with E-state index in [9.17, 15) is 13.2 Å². The predicted octanol–water partition coefficient (Wildman–Crippen LogP) is 3.12. The van der Waals surface area contributed by atoms with Crippen molar-refractivity contribution in [1.82, 2.24) is 0 Å². The lowest BCUT2D eigenvalue weighted by molar-refractivity contribution is -0.114. The summed E-state index contributed by atoms with van der Waals surface area (Å²) < 4.78 is 25.4. The lowest BCUT2D eigenvalue weighted by atomic mass is 10.2. The fraction of sp³-hybridized carbons (Fsp3) is 0.278. The minimum Gasteiger partial charge on any atom is -0.378 e. The first-order valence-corrected chi connectivity index (χ1v) is 10.1. The molecule has 0 atom stereocenters. The predicted molar refractivity (Wildman–Crippen MR) is 108 cm³/mol. The highest BCUT2D eigenvalue weighted by molar-refractivity contribution is 7.92. The molecule has 0 bridgehead atoms. The second-order valence-electron chi connectivity index (χ2n) is 6.19. The molecule has 0 aliphatic carbocycles. The van der Waals surface area contributed by atoms with E-state index in [0.717, 1.165) is 21.8 Å². The Kier molecular flexibility index (Phi) is 6.15. The summed E-state index contributed by atoms with van der Waals surface area (Å²) in [7, 11) is 0.171.